The molecule has 2 aromatic carbocycles. The van der Waals surface area contributed by atoms with Crippen LogP contribution in [0, 0.1) is 0 Å². The minimum absolute atomic E-state index is 0.295. The molecule has 1 aromatic heterocycles. The van der Waals surface area contributed by atoms with Crippen LogP contribution in [0.1, 0.15) is 18.7 Å². The van der Waals surface area contributed by atoms with E-state index in [1.165, 1.54) is 12.8 Å². The molecular formula is C21H22N4O2. The molecule has 4 rings (SSSR count). The summed E-state index contributed by atoms with van der Waals surface area (Å²) in [5.74, 6) is 1.86. The van der Waals surface area contributed by atoms with Gasteiger partial charge in [-0.3, -0.25) is 0 Å². The summed E-state index contributed by atoms with van der Waals surface area (Å²) in [6, 6.07) is 14.7. The largest absolute Gasteiger partial charge is 0.497 e. The van der Waals surface area contributed by atoms with Gasteiger partial charge in [0.15, 0.2) is 0 Å². The lowest BCUT2D eigenvalue weighted by Crippen LogP contribution is -2.19. The maximum Gasteiger partial charge on any atom is 0.323 e. The second-order valence-corrected chi connectivity index (χ2v) is 6.55. The zero-order chi connectivity index (χ0) is 18.6. The summed E-state index contributed by atoms with van der Waals surface area (Å²) in [5, 5.41) is 5.77. The van der Waals surface area contributed by atoms with Crippen molar-refractivity contribution in [1.82, 2.24) is 9.55 Å². The fraction of sp³-hybridized carbons (Fsp3) is 0.238. The van der Waals surface area contributed by atoms with Gasteiger partial charge in [0.1, 0.15) is 11.6 Å². The SMILES string of the molecule is COc1ccc(NC(=O)Nc2ccccc2-c2cn3c(n2)CCCC3)cc1. The highest BCUT2D eigenvalue weighted by Crippen LogP contribution is 2.29. The average Bonchev–Trinajstić information content (AvgIpc) is 3.13. The fourth-order valence-electron chi connectivity index (χ4n) is 3.32. The Morgan fingerprint density at radius 1 is 1.07 bits per heavy atom. The number of amides is 2. The third-order valence-electron chi connectivity index (χ3n) is 4.71. The van der Waals surface area contributed by atoms with Gasteiger partial charge in [-0.05, 0) is 43.2 Å². The molecule has 138 valence electrons. The van der Waals surface area contributed by atoms with E-state index in [0.717, 1.165) is 41.5 Å². The van der Waals surface area contributed by atoms with Gasteiger partial charge in [-0.15, -0.1) is 0 Å². The molecule has 6 nitrogen and oxygen atoms in total. The predicted octanol–water partition coefficient (Wildman–Crippen LogP) is 4.54. The topological polar surface area (TPSA) is 68.2 Å². The minimum atomic E-state index is -0.295. The quantitative estimate of drug-likeness (QED) is 0.716. The number of ether oxygens (including phenoxy) is 1. The highest BCUT2D eigenvalue weighted by atomic mass is 16.5. The van der Waals surface area contributed by atoms with Crippen LogP contribution < -0.4 is 15.4 Å². The van der Waals surface area contributed by atoms with Crippen molar-refractivity contribution in [1.29, 1.82) is 0 Å². The zero-order valence-corrected chi connectivity index (χ0v) is 15.2. The van der Waals surface area contributed by atoms with Crippen LogP contribution in [0.15, 0.2) is 54.7 Å². The van der Waals surface area contributed by atoms with E-state index in [-0.39, 0.29) is 6.03 Å². The summed E-state index contributed by atoms with van der Waals surface area (Å²) < 4.78 is 7.35. The number of nitrogens with zero attached hydrogens (tertiary/aromatic N) is 2. The number of imidazole rings is 1. The predicted molar refractivity (Wildman–Crippen MR) is 106 cm³/mol. The van der Waals surface area contributed by atoms with Gasteiger partial charge in [0.05, 0.1) is 18.5 Å². The Hall–Kier alpha value is -3.28. The van der Waals surface area contributed by atoms with Crippen molar-refractivity contribution in [3.63, 3.8) is 0 Å². The number of urea groups is 1. The molecule has 1 aliphatic heterocycles. The summed E-state index contributed by atoms with van der Waals surface area (Å²) in [5.41, 5.74) is 3.25. The van der Waals surface area contributed by atoms with Gasteiger partial charge >= 0.3 is 6.03 Å². The molecule has 2 N–H and O–H groups in total. The van der Waals surface area contributed by atoms with Gasteiger partial charge in [0, 0.05) is 30.4 Å². The number of carbonyl (C=O) groups is 1. The molecule has 0 saturated carbocycles. The van der Waals surface area contributed by atoms with Gasteiger partial charge in [0.25, 0.3) is 0 Å². The summed E-state index contributed by atoms with van der Waals surface area (Å²) in [6.07, 6.45) is 5.46. The van der Waals surface area contributed by atoms with Crippen LogP contribution >= 0.6 is 0 Å². The molecule has 2 amide bonds. The lowest BCUT2D eigenvalue weighted by atomic mass is 10.1. The summed E-state index contributed by atoms with van der Waals surface area (Å²) in [6.45, 7) is 1.01. The number of carbonyl (C=O) groups excluding carboxylic acids is 1. The van der Waals surface area contributed by atoms with E-state index in [2.05, 4.69) is 21.4 Å². The summed E-state index contributed by atoms with van der Waals surface area (Å²) in [7, 11) is 1.61. The molecular weight excluding hydrogens is 340 g/mol. The second-order valence-electron chi connectivity index (χ2n) is 6.55. The first kappa shape index (κ1) is 17.1. The van der Waals surface area contributed by atoms with Crippen molar-refractivity contribution in [3.8, 4) is 17.0 Å². The number of para-hydroxylation sites is 1. The average molecular weight is 362 g/mol. The third kappa shape index (κ3) is 3.79. The van der Waals surface area contributed by atoms with Crippen molar-refractivity contribution in [2.45, 2.75) is 25.8 Å². The Balaban J connectivity index is 1.52. The molecule has 0 aliphatic carbocycles. The number of methoxy groups -OCH3 is 1. The lowest BCUT2D eigenvalue weighted by Gasteiger charge is -2.11. The molecule has 0 unspecified atom stereocenters. The molecule has 27 heavy (non-hydrogen) atoms. The standard InChI is InChI=1S/C21H22N4O2/c1-27-16-11-9-15(10-12-16)22-21(26)24-18-7-3-2-6-17(18)19-14-25-13-5-4-8-20(25)23-19/h2-3,6-7,9-12,14H,4-5,8,13H2,1H3,(H2,22,24,26). The third-order valence-corrected chi connectivity index (χ3v) is 4.71. The van der Waals surface area contributed by atoms with Crippen LogP contribution in [0.4, 0.5) is 16.2 Å². The van der Waals surface area contributed by atoms with Crippen LogP contribution in [0.25, 0.3) is 11.3 Å². The normalized spacial score (nSPS) is 12.9. The molecule has 6 heteroatoms. The molecule has 3 aromatic rings. The van der Waals surface area contributed by atoms with Gasteiger partial charge in [-0.1, -0.05) is 18.2 Å². The summed E-state index contributed by atoms with van der Waals surface area (Å²) >= 11 is 0. The van der Waals surface area contributed by atoms with Gasteiger partial charge in [-0.2, -0.15) is 0 Å². The Morgan fingerprint density at radius 3 is 2.67 bits per heavy atom. The van der Waals surface area contributed by atoms with Crippen molar-refractivity contribution in [2.24, 2.45) is 0 Å². The highest BCUT2D eigenvalue weighted by molar-refractivity contribution is 6.02. The summed E-state index contributed by atoms with van der Waals surface area (Å²) in [4.78, 5) is 17.2. The number of benzene rings is 2. The molecule has 0 bridgehead atoms. The first-order chi connectivity index (χ1) is 13.2. The number of rotatable bonds is 4. The van der Waals surface area contributed by atoms with Gasteiger partial charge in [0.2, 0.25) is 0 Å². The number of anilines is 2. The molecule has 0 fully saturated rings. The second kappa shape index (κ2) is 7.53. The van der Waals surface area contributed by atoms with Crippen LogP contribution in [0.3, 0.4) is 0 Å². The molecule has 1 aliphatic rings. The van der Waals surface area contributed by atoms with Crippen molar-refractivity contribution >= 4 is 17.4 Å². The van der Waals surface area contributed by atoms with Crippen LogP contribution in [-0.2, 0) is 13.0 Å². The maximum atomic E-state index is 12.4. The van der Waals surface area contributed by atoms with E-state index in [1.807, 2.05) is 24.3 Å². The van der Waals surface area contributed by atoms with Crippen molar-refractivity contribution < 1.29 is 9.53 Å². The Kier molecular flexibility index (Phi) is 4.78. The number of fused-ring (bicyclic) bond motifs is 1. The maximum absolute atomic E-state index is 12.4. The number of hydrogen-bond acceptors (Lipinski definition) is 3. The molecule has 0 atom stereocenters. The number of aromatic nitrogens is 2. The van der Waals surface area contributed by atoms with Crippen LogP contribution in [0.2, 0.25) is 0 Å². The van der Waals surface area contributed by atoms with E-state index < -0.39 is 0 Å². The molecule has 0 radical (unpaired) electrons. The highest BCUT2D eigenvalue weighted by Gasteiger charge is 2.16. The Bertz CT molecular complexity index is 924. The Morgan fingerprint density at radius 2 is 1.89 bits per heavy atom. The fourth-order valence-corrected chi connectivity index (χ4v) is 3.32. The molecule has 2 heterocycles. The number of aryl methyl sites for hydroxylation is 2. The lowest BCUT2D eigenvalue weighted by molar-refractivity contribution is 0.262. The van der Waals surface area contributed by atoms with E-state index in [1.54, 1.807) is 31.4 Å². The number of nitrogens with one attached hydrogen (secondary N) is 2. The Labute approximate surface area is 158 Å². The van der Waals surface area contributed by atoms with Crippen LogP contribution in [0.5, 0.6) is 5.75 Å². The first-order valence-corrected chi connectivity index (χ1v) is 9.10. The molecule has 0 saturated heterocycles. The minimum Gasteiger partial charge on any atom is -0.497 e. The van der Waals surface area contributed by atoms with E-state index in [9.17, 15) is 4.79 Å². The zero-order valence-electron chi connectivity index (χ0n) is 15.2. The van der Waals surface area contributed by atoms with Crippen molar-refractivity contribution in [3.05, 3.63) is 60.6 Å². The van der Waals surface area contributed by atoms with Gasteiger partial charge in [-0.25, -0.2) is 9.78 Å². The van der Waals surface area contributed by atoms with Crippen LogP contribution in [-0.4, -0.2) is 22.7 Å². The van der Waals surface area contributed by atoms with Gasteiger partial charge < -0.3 is 19.9 Å². The first-order valence-electron chi connectivity index (χ1n) is 9.10. The molecule has 0 spiro atoms. The van der Waals surface area contributed by atoms with E-state index >= 15 is 0 Å². The monoisotopic (exact) mass is 362 g/mol. The number of hydrogen-bond donors (Lipinski definition) is 2. The van der Waals surface area contributed by atoms with Crippen molar-refractivity contribution in [2.75, 3.05) is 17.7 Å². The smallest absolute Gasteiger partial charge is 0.323 e. The van der Waals surface area contributed by atoms with E-state index in [4.69, 9.17) is 9.72 Å². The van der Waals surface area contributed by atoms with E-state index in [0.29, 0.717) is 5.69 Å².